The highest BCUT2D eigenvalue weighted by atomic mass is 32.2. The summed E-state index contributed by atoms with van der Waals surface area (Å²) in [7, 11) is -0.968. The standard InChI is InChI=1S/C9H15NOS/c1-6(2)12(11)10-9-4-3-7-5-8(7)9/h6-8H,3-5H2,1-2H3/b10-9+. The Balaban J connectivity index is 2.03. The molecule has 0 heterocycles. The molecule has 2 fully saturated rings. The molecule has 2 rings (SSSR count). The van der Waals surface area contributed by atoms with Gasteiger partial charge in [-0.25, -0.2) is 4.21 Å². The summed E-state index contributed by atoms with van der Waals surface area (Å²) < 4.78 is 15.7. The van der Waals surface area contributed by atoms with Crippen LogP contribution in [0.25, 0.3) is 0 Å². The van der Waals surface area contributed by atoms with Crippen LogP contribution in [-0.4, -0.2) is 15.2 Å². The van der Waals surface area contributed by atoms with Crippen LogP contribution < -0.4 is 0 Å². The summed E-state index contributed by atoms with van der Waals surface area (Å²) in [4.78, 5) is 0. The van der Waals surface area contributed by atoms with Crippen LogP contribution >= 0.6 is 0 Å². The first-order chi connectivity index (χ1) is 5.68. The summed E-state index contributed by atoms with van der Waals surface area (Å²) in [6, 6.07) is 0. The first-order valence-corrected chi connectivity index (χ1v) is 5.83. The molecule has 0 aromatic carbocycles. The molecule has 0 aromatic heterocycles. The van der Waals surface area contributed by atoms with Gasteiger partial charge in [-0.3, -0.25) is 0 Å². The maximum atomic E-state index is 11.4. The molecule has 2 saturated carbocycles. The van der Waals surface area contributed by atoms with Gasteiger partial charge in [0.2, 0.25) is 0 Å². The highest BCUT2D eigenvalue weighted by molar-refractivity contribution is 7.84. The van der Waals surface area contributed by atoms with Crippen molar-refractivity contribution in [3.05, 3.63) is 0 Å². The van der Waals surface area contributed by atoms with Gasteiger partial charge in [0.1, 0.15) is 11.0 Å². The molecule has 2 aliphatic rings. The van der Waals surface area contributed by atoms with Crippen LogP contribution in [0, 0.1) is 11.8 Å². The topological polar surface area (TPSA) is 29.4 Å². The van der Waals surface area contributed by atoms with Crippen LogP contribution in [0.3, 0.4) is 0 Å². The number of fused-ring (bicyclic) bond motifs is 1. The second-order valence-electron chi connectivity index (χ2n) is 4.05. The van der Waals surface area contributed by atoms with Crippen molar-refractivity contribution in [2.45, 2.75) is 38.4 Å². The van der Waals surface area contributed by atoms with Gasteiger partial charge in [0.25, 0.3) is 0 Å². The average Bonchev–Trinajstić information content (AvgIpc) is 2.70. The molecule has 2 nitrogen and oxygen atoms in total. The molecule has 68 valence electrons. The van der Waals surface area contributed by atoms with Crippen molar-refractivity contribution in [1.29, 1.82) is 0 Å². The van der Waals surface area contributed by atoms with Gasteiger partial charge in [0.15, 0.2) is 0 Å². The molecule has 2 aliphatic carbocycles. The minimum Gasteiger partial charge on any atom is -0.235 e. The fourth-order valence-corrected chi connectivity index (χ4v) is 2.50. The lowest BCUT2D eigenvalue weighted by Gasteiger charge is -2.01. The molecule has 0 amide bonds. The van der Waals surface area contributed by atoms with Gasteiger partial charge in [-0.1, -0.05) is 0 Å². The largest absolute Gasteiger partial charge is 0.235 e. The van der Waals surface area contributed by atoms with E-state index in [9.17, 15) is 4.21 Å². The molecule has 0 aliphatic heterocycles. The lowest BCUT2D eigenvalue weighted by molar-refractivity contribution is 0.678. The molecule has 0 radical (unpaired) electrons. The lowest BCUT2D eigenvalue weighted by atomic mass is 10.2. The van der Waals surface area contributed by atoms with Gasteiger partial charge in [0, 0.05) is 11.6 Å². The quantitative estimate of drug-likeness (QED) is 0.646. The molecule has 3 unspecified atom stereocenters. The molecular weight excluding hydrogens is 170 g/mol. The Morgan fingerprint density at radius 2 is 2.33 bits per heavy atom. The van der Waals surface area contributed by atoms with E-state index in [2.05, 4.69) is 4.40 Å². The van der Waals surface area contributed by atoms with Gasteiger partial charge in [-0.15, -0.1) is 0 Å². The van der Waals surface area contributed by atoms with Gasteiger partial charge in [0.05, 0.1) is 5.25 Å². The second kappa shape index (κ2) is 2.95. The van der Waals surface area contributed by atoms with E-state index in [0.29, 0.717) is 0 Å². The van der Waals surface area contributed by atoms with Crippen molar-refractivity contribution in [1.82, 2.24) is 0 Å². The van der Waals surface area contributed by atoms with Crippen LogP contribution in [-0.2, 0) is 11.0 Å². The highest BCUT2D eigenvalue weighted by Gasteiger charge is 2.46. The van der Waals surface area contributed by atoms with Crippen LogP contribution in [0.1, 0.15) is 33.1 Å². The summed E-state index contributed by atoms with van der Waals surface area (Å²) in [5.41, 5.74) is 1.24. The maximum Gasteiger partial charge on any atom is 0.141 e. The molecule has 0 N–H and O–H groups in total. The van der Waals surface area contributed by atoms with Gasteiger partial charge in [-0.2, -0.15) is 4.40 Å². The predicted molar refractivity (Wildman–Crippen MR) is 51.5 cm³/mol. The van der Waals surface area contributed by atoms with E-state index in [1.54, 1.807) is 0 Å². The fourth-order valence-electron chi connectivity index (χ4n) is 1.83. The second-order valence-corrected chi connectivity index (χ2v) is 5.73. The minimum atomic E-state index is -0.968. The van der Waals surface area contributed by atoms with Gasteiger partial charge in [-0.05, 0) is 39.0 Å². The Hall–Kier alpha value is -0.180. The minimum absolute atomic E-state index is 0.176. The SMILES string of the molecule is CC(C)S(=O)/N=C1\CCC2CC12. The number of hydrogen-bond acceptors (Lipinski definition) is 1. The molecule has 0 spiro atoms. The molecule has 0 saturated heterocycles. The first-order valence-electron chi connectivity index (χ1n) is 4.66. The Kier molecular flexibility index (Phi) is 2.07. The highest BCUT2D eigenvalue weighted by Crippen LogP contribution is 2.50. The van der Waals surface area contributed by atoms with Crippen LogP contribution in [0.5, 0.6) is 0 Å². The van der Waals surface area contributed by atoms with Crippen molar-refractivity contribution in [2.24, 2.45) is 16.2 Å². The predicted octanol–water partition coefficient (Wildman–Crippen LogP) is 1.93. The number of rotatable bonds is 2. The van der Waals surface area contributed by atoms with E-state index in [1.165, 1.54) is 18.6 Å². The van der Waals surface area contributed by atoms with E-state index < -0.39 is 11.0 Å². The van der Waals surface area contributed by atoms with Crippen LogP contribution in [0.4, 0.5) is 0 Å². The van der Waals surface area contributed by atoms with Crippen LogP contribution in [0.2, 0.25) is 0 Å². The Morgan fingerprint density at radius 3 is 2.75 bits per heavy atom. The Bertz CT molecular complexity index is 247. The summed E-state index contributed by atoms with van der Waals surface area (Å²) in [5, 5.41) is 0.176. The summed E-state index contributed by atoms with van der Waals surface area (Å²) >= 11 is 0. The molecule has 0 bridgehead atoms. The zero-order valence-electron chi connectivity index (χ0n) is 7.62. The van der Waals surface area contributed by atoms with E-state index in [0.717, 1.165) is 18.3 Å². The summed E-state index contributed by atoms with van der Waals surface area (Å²) in [6.07, 6.45) is 3.71. The van der Waals surface area contributed by atoms with E-state index in [4.69, 9.17) is 0 Å². The molecule has 12 heavy (non-hydrogen) atoms. The number of nitrogens with zero attached hydrogens (tertiary/aromatic N) is 1. The van der Waals surface area contributed by atoms with Crippen molar-refractivity contribution in [3.63, 3.8) is 0 Å². The average molecular weight is 185 g/mol. The van der Waals surface area contributed by atoms with Gasteiger partial charge >= 0.3 is 0 Å². The summed E-state index contributed by atoms with van der Waals surface area (Å²) in [6.45, 7) is 3.92. The fraction of sp³-hybridized carbons (Fsp3) is 0.889. The smallest absolute Gasteiger partial charge is 0.141 e. The van der Waals surface area contributed by atoms with E-state index in [-0.39, 0.29) is 5.25 Å². The van der Waals surface area contributed by atoms with Crippen molar-refractivity contribution >= 4 is 16.7 Å². The Labute approximate surface area is 76.1 Å². The zero-order chi connectivity index (χ0) is 8.72. The Morgan fingerprint density at radius 1 is 1.58 bits per heavy atom. The maximum absolute atomic E-state index is 11.4. The van der Waals surface area contributed by atoms with Crippen molar-refractivity contribution < 1.29 is 4.21 Å². The molecule has 3 heteroatoms. The summed E-state index contributed by atoms with van der Waals surface area (Å²) in [5.74, 6) is 1.64. The van der Waals surface area contributed by atoms with Crippen LogP contribution in [0.15, 0.2) is 4.40 Å². The monoisotopic (exact) mass is 185 g/mol. The first kappa shape index (κ1) is 8.42. The number of hydrogen-bond donors (Lipinski definition) is 0. The molecule has 0 aromatic rings. The van der Waals surface area contributed by atoms with E-state index >= 15 is 0 Å². The lowest BCUT2D eigenvalue weighted by Crippen LogP contribution is -2.06. The zero-order valence-corrected chi connectivity index (χ0v) is 8.43. The van der Waals surface area contributed by atoms with Crippen molar-refractivity contribution in [2.75, 3.05) is 0 Å². The third-order valence-corrected chi connectivity index (χ3v) is 3.95. The molecular formula is C9H15NOS. The third kappa shape index (κ3) is 1.47. The third-order valence-electron chi connectivity index (χ3n) is 2.73. The normalized spacial score (nSPS) is 38.8. The molecule has 3 atom stereocenters. The van der Waals surface area contributed by atoms with E-state index in [1.807, 2.05) is 13.8 Å². The van der Waals surface area contributed by atoms with Crippen molar-refractivity contribution in [3.8, 4) is 0 Å². The van der Waals surface area contributed by atoms with Gasteiger partial charge < -0.3 is 0 Å².